The van der Waals surface area contributed by atoms with Crippen molar-refractivity contribution >= 4 is 10.8 Å². The van der Waals surface area contributed by atoms with Crippen molar-refractivity contribution in [3.8, 4) is 0 Å². The van der Waals surface area contributed by atoms with Crippen molar-refractivity contribution in [1.29, 1.82) is 0 Å². The molecule has 0 amide bonds. The molecule has 2 spiro atoms. The maximum Gasteiger partial charge on any atom is 0.0975 e. The van der Waals surface area contributed by atoms with E-state index in [4.69, 9.17) is 4.74 Å². The quantitative estimate of drug-likeness (QED) is 0.328. The SMILES string of the molecule is CCC[N+](C)([O-])[C@H]1CCC2=CC3=CC[C@]4(C)[C@@H](c5ccc6ccccc6c5)CC[C@H]4[C@@]34CC[C@]2(C1)O4. The van der Waals surface area contributed by atoms with Crippen LogP contribution in [0.5, 0.6) is 0 Å². The number of ether oxygens (including phenoxy) is 1. The molecule has 3 fully saturated rings. The minimum atomic E-state index is -0.197. The van der Waals surface area contributed by atoms with Gasteiger partial charge >= 0.3 is 0 Å². The van der Waals surface area contributed by atoms with Gasteiger partial charge in [-0.2, -0.15) is 0 Å². The first-order chi connectivity index (χ1) is 17.3. The highest BCUT2D eigenvalue weighted by molar-refractivity contribution is 5.83. The number of rotatable bonds is 4. The summed E-state index contributed by atoms with van der Waals surface area (Å²) >= 11 is 0. The van der Waals surface area contributed by atoms with Gasteiger partial charge in [0.1, 0.15) is 0 Å². The van der Waals surface area contributed by atoms with E-state index in [1.54, 1.807) is 0 Å². The molecule has 36 heavy (non-hydrogen) atoms. The van der Waals surface area contributed by atoms with Gasteiger partial charge in [-0.15, -0.1) is 0 Å². The maximum atomic E-state index is 13.5. The fourth-order valence-electron chi connectivity index (χ4n) is 9.45. The molecule has 3 heteroatoms. The number of quaternary nitrogens is 1. The van der Waals surface area contributed by atoms with Crippen LogP contribution in [0.3, 0.4) is 0 Å². The normalized spacial score (nSPS) is 40.6. The molecule has 2 aromatic rings. The van der Waals surface area contributed by atoms with Crippen LogP contribution in [0.4, 0.5) is 0 Å². The lowest BCUT2D eigenvalue weighted by Gasteiger charge is -2.56. The van der Waals surface area contributed by atoms with Crippen LogP contribution in [-0.4, -0.2) is 35.5 Å². The molecule has 1 unspecified atom stereocenters. The molecule has 0 radical (unpaired) electrons. The first-order valence-electron chi connectivity index (χ1n) is 14.5. The molecule has 0 aromatic heterocycles. The van der Waals surface area contributed by atoms with Gasteiger partial charge in [-0.3, -0.25) is 0 Å². The molecule has 2 bridgehead atoms. The van der Waals surface area contributed by atoms with Crippen molar-refractivity contribution in [3.63, 3.8) is 0 Å². The zero-order chi connectivity index (χ0) is 24.8. The first kappa shape index (κ1) is 23.2. The summed E-state index contributed by atoms with van der Waals surface area (Å²) in [6.45, 7) is 5.40. The van der Waals surface area contributed by atoms with Gasteiger partial charge in [-0.05, 0) is 89.7 Å². The second kappa shape index (κ2) is 7.79. The Morgan fingerprint density at radius 2 is 1.89 bits per heavy atom. The van der Waals surface area contributed by atoms with Crippen LogP contribution in [0.15, 0.2) is 65.8 Å². The topological polar surface area (TPSA) is 32.3 Å². The van der Waals surface area contributed by atoms with Crippen molar-refractivity contribution in [1.82, 2.24) is 0 Å². The molecule has 7 atom stereocenters. The molecule has 7 rings (SSSR count). The standard InChI is InChI=1S/C33H41NO2/c1-4-19-34(3,35)28-12-11-26-21-27-15-16-31(2)29(25-10-9-23-7-5-6-8-24(23)20-25)13-14-30(31)33(27)18-17-32(26,22-28)36-33/h5-10,15,20-21,28-30H,4,11-14,16-19,22H2,1-3H3/t28-,29+,30+,31+,32+,33+,34?/m0/s1. The summed E-state index contributed by atoms with van der Waals surface area (Å²) in [6, 6.07) is 16.1. The van der Waals surface area contributed by atoms with Crippen LogP contribution >= 0.6 is 0 Å². The van der Waals surface area contributed by atoms with Crippen molar-refractivity contribution < 1.29 is 9.38 Å². The van der Waals surface area contributed by atoms with Gasteiger partial charge < -0.3 is 14.6 Å². The number of hydrogen-bond acceptors (Lipinski definition) is 2. The van der Waals surface area contributed by atoms with E-state index in [2.05, 4.69) is 68.5 Å². The second-order valence-corrected chi connectivity index (χ2v) is 13.1. The molecule has 2 aliphatic heterocycles. The predicted octanol–water partition coefficient (Wildman–Crippen LogP) is 7.80. The summed E-state index contributed by atoms with van der Waals surface area (Å²) in [7, 11) is 1.90. The summed E-state index contributed by atoms with van der Waals surface area (Å²) in [5.41, 5.74) is 4.32. The number of nitrogens with zero attached hydrogens (tertiary/aromatic N) is 1. The van der Waals surface area contributed by atoms with Gasteiger partial charge in [-0.1, -0.05) is 68.5 Å². The van der Waals surface area contributed by atoms with Gasteiger partial charge in [0.05, 0.1) is 30.8 Å². The average Bonchev–Trinajstić information content (AvgIpc) is 3.38. The lowest BCUT2D eigenvalue weighted by atomic mass is 9.58. The Balaban J connectivity index is 1.24. The van der Waals surface area contributed by atoms with E-state index in [0.29, 0.717) is 18.4 Å². The van der Waals surface area contributed by atoms with Gasteiger partial charge in [-0.25, -0.2) is 0 Å². The van der Waals surface area contributed by atoms with E-state index >= 15 is 0 Å². The van der Waals surface area contributed by atoms with E-state index in [1.807, 2.05) is 7.05 Å². The fourth-order valence-corrected chi connectivity index (χ4v) is 9.45. The summed E-state index contributed by atoms with van der Waals surface area (Å²) < 4.78 is 7.33. The molecule has 1 saturated heterocycles. The fraction of sp³-hybridized carbons (Fsp3) is 0.576. The third-order valence-corrected chi connectivity index (χ3v) is 11.3. The Bertz CT molecular complexity index is 1280. The van der Waals surface area contributed by atoms with Gasteiger partial charge in [0.2, 0.25) is 0 Å². The van der Waals surface area contributed by atoms with Crippen molar-refractivity contribution in [2.45, 2.75) is 94.8 Å². The van der Waals surface area contributed by atoms with Gasteiger partial charge in [0.25, 0.3) is 0 Å². The summed E-state index contributed by atoms with van der Waals surface area (Å²) in [5, 5.41) is 16.1. The van der Waals surface area contributed by atoms with Crippen LogP contribution in [-0.2, 0) is 4.74 Å². The highest BCUT2D eigenvalue weighted by Gasteiger charge is 2.67. The molecule has 2 saturated carbocycles. The minimum Gasteiger partial charge on any atom is -0.633 e. The van der Waals surface area contributed by atoms with Crippen molar-refractivity contribution in [2.75, 3.05) is 13.6 Å². The Hall–Kier alpha value is -1.94. The lowest BCUT2D eigenvalue weighted by molar-refractivity contribution is -0.888. The molecule has 3 nitrogen and oxygen atoms in total. The summed E-state index contributed by atoms with van der Waals surface area (Å²) in [4.78, 5) is 0. The number of allylic oxidation sites excluding steroid dienone is 1. The average molecular weight is 484 g/mol. The molecule has 5 aliphatic rings. The molecule has 0 N–H and O–H groups in total. The van der Waals surface area contributed by atoms with E-state index in [1.165, 1.54) is 40.3 Å². The van der Waals surface area contributed by atoms with Crippen LogP contribution in [0.2, 0.25) is 0 Å². The monoisotopic (exact) mass is 483 g/mol. The predicted molar refractivity (Wildman–Crippen MR) is 146 cm³/mol. The highest BCUT2D eigenvalue weighted by Crippen LogP contribution is 2.69. The van der Waals surface area contributed by atoms with Crippen LogP contribution in [0, 0.1) is 16.5 Å². The van der Waals surface area contributed by atoms with Gasteiger partial charge in [0, 0.05) is 12.8 Å². The third-order valence-electron chi connectivity index (χ3n) is 11.3. The Kier molecular flexibility index (Phi) is 5.02. The molecule has 3 aliphatic carbocycles. The maximum absolute atomic E-state index is 13.5. The molecular formula is C33H41NO2. The molecule has 2 heterocycles. The summed E-state index contributed by atoms with van der Waals surface area (Å²) in [6.07, 6.45) is 14.8. The molecule has 2 aromatic carbocycles. The van der Waals surface area contributed by atoms with Crippen LogP contribution < -0.4 is 0 Å². The Morgan fingerprint density at radius 3 is 2.72 bits per heavy atom. The summed E-state index contributed by atoms with van der Waals surface area (Å²) in [5.74, 6) is 1.11. The Morgan fingerprint density at radius 1 is 1.06 bits per heavy atom. The van der Waals surface area contributed by atoms with Gasteiger partial charge in [0.15, 0.2) is 0 Å². The third kappa shape index (κ3) is 3.09. The number of hydrogen-bond donors (Lipinski definition) is 0. The van der Waals surface area contributed by atoms with E-state index < -0.39 is 0 Å². The van der Waals surface area contributed by atoms with Crippen LogP contribution in [0.1, 0.15) is 83.1 Å². The smallest absolute Gasteiger partial charge is 0.0975 e. The lowest BCUT2D eigenvalue weighted by Crippen LogP contribution is -2.57. The number of fused-ring (bicyclic) bond motifs is 2. The molecular weight excluding hydrogens is 442 g/mol. The number of benzene rings is 2. The molecule has 190 valence electrons. The van der Waals surface area contributed by atoms with Crippen molar-refractivity contribution in [2.24, 2.45) is 11.3 Å². The zero-order valence-electron chi connectivity index (χ0n) is 22.3. The minimum absolute atomic E-state index is 0.101. The highest BCUT2D eigenvalue weighted by atomic mass is 16.6. The van der Waals surface area contributed by atoms with E-state index in [-0.39, 0.29) is 27.3 Å². The Labute approximate surface area is 216 Å². The van der Waals surface area contributed by atoms with Crippen molar-refractivity contribution in [3.05, 3.63) is 76.5 Å². The number of hydroxylamine groups is 3. The van der Waals surface area contributed by atoms with E-state index in [9.17, 15) is 5.21 Å². The second-order valence-electron chi connectivity index (χ2n) is 13.1. The zero-order valence-corrected chi connectivity index (χ0v) is 22.3. The van der Waals surface area contributed by atoms with Crippen LogP contribution in [0.25, 0.3) is 10.8 Å². The van der Waals surface area contributed by atoms with E-state index in [0.717, 1.165) is 44.9 Å². The largest absolute Gasteiger partial charge is 0.633 e. The first-order valence-corrected chi connectivity index (χ1v) is 14.5.